The van der Waals surface area contributed by atoms with Crippen LogP contribution in [0.2, 0.25) is 0 Å². The highest BCUT2D eigenvalue weighted by atomic mass is 32.1. The average molecular weight is 414 g/mol. The van der Waals surface area contributed by atoms with E-state index in [9.17, 15) is 18.8 Å². The molecule has 5 rings (SSSR count). The van der Waals surface area contributed by atoms with Crippen molar-refractivity contribution in [3.8, 4) is 0 Å². The van der Waals surface area contributed by atoms with Crippen molar-refractivity contribution >= 4 is 39.1 Å². The fourth-order valence-electron chi connectivity index (χ4n) is 3.89. The number of nitrogens with zero attached hydrogens (tertiary/aromatic N) is 4. The number of anilines is 1. The van der Waals surface area contributed by atoms with Gasteiger partial charge in [-0.15, -0.1) is 0 Å². The van der Waals surface area contributed by atoms with Gasteiger partial charge >= 0.3 is 4.87 Å². The molecule has 0 radical (unpaired) electrons. The van der Waals surface area contributed by atoms with E-state index in [0.717, 1.165) is 29.1 Å². The summed E-state index contributed by atoms with van der Waals surface area (Å²) < 4.78 is 21.4. The lowest BCUT2D eigenvalue weighted by Gasteiger charge is -2.16. The van der Waals surface area contributed by atoms with Crippen molar-refractivity contribution in [2.75, 3.05) is 4.90 Å². The maximum absolute atomic E-state index is 14.9. The van der Waals surface area contributed by atoms with E-state index in [4.69, 9.17) is 0 Å². The first kappa shape index (κ1) is 17.9. The number of aromatic nitrogens is 3. The summed E-state index contributed by atoms with van der Waals surface area (Å²) in [4.78, 5) is 38.7. The van der Waals surface area contributed by atoms with Crippen molar-refractivity contribution in [3.05, 3.63) is 50.2 Å². The van der Waals surface area contributed by atoms with Gasteiger partial charge in [0.25, 0.3) is 11.8 Å². The zero-order valence-electron chi connectivity index (χ0n) is 15.4. The van der Waals surface area contributed by atoms with Crippen LogP contribution in [0.3, 0.4) is 0 Å². The molecule has 29 heavy (non-hydrogen) atoms. The van der Waals surface area contributed by atoms with Gasteiger partial charge in [-0.3, -0.25) is 19.0 Å². The molecule has 0 saturated carbocycles. The molecule has 2 amide bonds. The molecular formula is C19H15FN4O4S. The normalized spacial score (nSPS) is 17.0. The Morgan fingerprint density at radius 3 is 2.41 bits per heavy atom. The number of rotatable bonds is 3. The van der Waals surface area contributed by atoms with Gasteiger partial charge in [0.05, 0.1) is 22.4 Å². The number of carbonyl (C=O) groups excluding carboxylic acids is 2. The van der Waals surface area contributed by atoms with Crippen molar-refractivity contribution in [2.45, 2.75) is 39.2 Å². The molecule has 10 heteroatoms. The Hall–Kier alpha value is -3.14. The molecule has 8 nitrogen and oxygen atoms in total. The van der Waals surface area contributed by atoms with Crippen LogP contribution in [-0.4, -0.2) is 26.7 Å². The lowest BCUT2D eigenvalue weighted by Crippen LogP contribution is -2.32. The van der Waals surface area contributed by atoms with Gasteiger partial charge in [0, 0.05) is 11.1 Å². The first-order chi connectivity index (χ1) is 14.0. The summed E-state index contributed by atoms with van der Waals surface area (Å²) in [5.41, 5.74) is 2.26. The van der Waals surface area contributed by atoms with E-state index >= 15 is 0 Å². The zero-order chi connectivity index (χ0) is 20.3. The first-order valence-electron chi connectivity index (χ1n) is 9.17. The molecule has 0 bridgehead atoms. The van der Waals surface area contributed by atoms with Crippen molar-refractivity contribution < 1.29 is 18.6 Å². The van der Waals surface area contributed by atoms with Crippen LogP contribution in [0.25, 0.3) is 10.2 Å². The second-order valence-electron chi connectivity index (χ2n) is 7.13. The van der Waals surface area contributed by atoms with Gasteiger partial charge in [-0.25, -0.2) is 13.9 Å². The van der Waals surface area contributed by atoms with Crippen LogP contribution in [0.1, 0.15) is 37.1 Å². The van der Waals surface area contributed by atoms with Crippen molar-refractivity contribution in [2.24, 2.45) is 0 Å². The number of halogens is 1. The number of thiazole rings is 1. The van der Waals surface area contributed by atoms with Crippen LogP contribution >= 0.6 is 11.3 Å². The summed E-state index contributed by atoms with van der Waals surface area (Å²) in [6.45, 7) is 1.80. The molecular weight excluding hydrogens is 399 g/mol. The van der Waals surface area contributed by atoms with Gasteiger partial charge in [-0.1, -0.05) is 21.7 Å². The number of fused-ring (bicyclic) bond motifs is 1. The van der Waals surface area contributed by atoms with E-state index in [-0.39, 0.29) is 17.1 Å². The zero-order valence-corrected chi connectivity index (χ0v) is 16.2. The molecule has 0 fully saturated rings. The number of hydrogen-bond acceptors (Lipinski definition) is 7. The summed E-state index contributed by atoms with van der Waals surface area (Å²) in [7, 11) is 0. The second kappa shape index (κ2) is 6.45. The molecule has 0 saturated heterocycles. The van der Waals surface area contributed by atoms with E-state index in [2.05, 4.69) is 14.9 Å². The molecule has 1 aliphatic heterocycles. The minimum atomic E-state index is -0.716. The second-order valence-corrected chi connectivity index (χ2v) is 8.12. The van der Waals surface area contributed by atoms with Gasteiger partial charge in [-0.05, 0) is 44.7 Å². The lowest BCUT2D eigenvalue weighted by molar-refractivity contribution is -0.120. The van der Waals surface area contributed by atoms with Crippen LogP contribution in [0.15, 0.2) is 32.7 Å². The molecule has 0 spiro atoms. The summed E-state index contributed by atoms with van der Waals surface area (Å²) in [5.74, 6) is -1.65. The standard InChI is InChI=1S/C19H15FN4O4S/c1-9-13(22-28-21-9)8-23-15-7-14(12(20)6-16(15)29-19(23)27)24-17(25)10-4-2-3-5-11(10)18(24)26/h6-7H,2-5,8H2,1H3. The minimum Gasteiger partial charge on any atom is -0.292 e. The molecule has 1 aromatic carbocycles. The maximum Gasteiger partial charge on any atom is 0.308 e. The Morgan fingerprint density at radius 1 is 1.10 bits per heavy atom. The molecule has 2 aromatic heterocycles. The third-order valence-electron chi connectivity index (χ3n) is 5.42. The topological polar surface area (TPSA) is 98.3 Å². The largest absolute Gasteiger partial charge is 0.308 e. The highest BCUT2D eigenvalue weighted by Gasteiger charge is 2.41. The molecule has 2 aliphatic rings. The number of aryl methyl sites for hydroxylation is 1. The molecule has 3 aromatic rings. The van der Waals surface area contributed by atoms with Crippen LogP contribution in [0.4, 0.5) is 10.1 Å². The fourth-order valence-corrected chi connectivity index (χ4v) is 4.79. The summed E-state index contributed by atoms with van der Waals surface area (Å²) >= 11 is 0.883. The Balaban J connectivity index is 1.62. The van der Waals surface area contributed by atoms with Crippen LogP contribution < -0.4 is 9.77 Å². The van der Waals surface area contributed by atoms with E-state index in [1.54, 1.807) is 6.92 Å². The molecule has 1 aliphatic carbocycles. The average Bonchev–Trinajstić information content (AvgIpc) is 3.32. The third-order valence-corrected chi connectivity index (χ3v) is 6.36. The first-order valence-corrected chi connectivity index (χ1v) is 9.99. The quantitative estimate of drug-likeness (QED) is 0.611. The van der Waals surface area contributed by atoms with E-state index in [1.807, 2.05) is 0 Å². The fraction of sp³-hybridized carbons (Fsp3) is 0.316. The van der Waals surface area contributed by atoms with Crippen LogP contribution in [0, 0.1) is 12.7 Å². The molecule has 3 heterocycles. The SMILES string of the molecule is Cc1nonc1Cn1c(=O)sc2cc(F)c(N3C(=O)C4=C(CCCC4)C3=O)cc21. The number of imide groups is 1. The van der Waals surface area contributed by atoms with E-state index < -0.39 is 17.6 Å². The molecule has 0 N–H and O–H groups in total. The Labute approximate surface area is 167 Å². The molecule has 0 atom stereocenters. The summed E-state index contributed by atoms with van der Waals surface area (Å²) in [6, 6.07) is 2.58. The Morgan fingerprint density at radius 2 is 1.79 bits per heavy atom. The number of amides is 2. The predicted octanol–water partition coefficient (Wildman–Crippen LogP) is 2.69. The number of hydrogen-bond donors (Lipinski definition) is 0. The highest BCUT2D eigenvalue weighted by Crippen LogP contribution is 2.38. The van der Waals surface area contributed by atoms with Gasteiger partial charge in [0.15, 0.2) is 0 Å². The lowest BCUT2D eigenvalue weighted by atomic mass is 9.93. The van der Waals surface area contributed by atoms with Crippen molar-refractivity contribution in [1.82, 2.24) is 14.9 Å². The van der Waals surface area contributed by atoms with E-state index in [0.29, 0.717) is 45.6 Å². The van der Waals surface area contributed by atoms with E-state index in [1.165, 1.54) is 16.7 Å². The third kappa shape index (κ3) is 2.66. The molecule has 0 unspecified atom stereocenters. The van der Waals surface area contributed by atoms with Crippen LogP contribution in [0.5, 0.6) is 0 Å². The number of benzene rings is 1. The van der Waals surface area contributed by atoms with Crippen LogP contribution in [-0.2, 0) is 16.1 Å². The van der Waals surface area contributed by atoms with Crippen molar-refractivity contribution in [3.63, 3.8) is 0 Å². The number of carbonyl (C=O) groups is 2. The summed E-state index contributed by atoms with van der Waals surface area (Å²) in [6.07, 6.45) is 2.73. The maximum atomic E-state index is 14.9. The highest BCUT2D eigenvalue weighted by molar-refractivity contribution is 7.16. The summed E-state index contributed by atoms with van der Waals surface area (Å²) in [5, 5.41) is 7.49. The van der Waals surface area contributed by atoms with Gasteiger partial charge in [-0.2, -0.15) is 0 Å². The molecule has 148 valence electrons. The minimum absolute atomic E-state index is 0.0931. The monoisotopic (exact) mass is 414 g/mol. The predicted molar refractivity (Wildman–Crippen MR) is 102 cm³/mol. The van der Waals surface area contributed by atoms with Crippen molar-refractivity contribution in [1.29, 1.82) is 0 Å². The van der Waals surface area contributed by atoms with Gasteiger partial charge < -0.3 is 0 Å². The smallest absolute Gasteiger partial charge is 0.292 e. The van der Waals surface area contributed by atoms with Gasteiger partial charge in [0.2, 0.25) is 0 Å². The Bertz CT molecular complexity index is 1260. The van der Waals surface area contributed by atoms with Gasteiger partial charge in [0.1, 0.15) is 17.2 Å². The Kier molecular flexibility index (Phi) is 3.98.